The summed E-state index contributed by atoms with van der Waals surface area (Å²) in [5.41, 5.74) is 2.90. The predicted molar refractivity (Wildman–Crippen MR) is 110 cm³/mol. The Bertz CT molecular complexity index is 1170. The lowest BCUT2D eigenvalue weighted by molar-refractivity contribution is -0.131. The van der Waals surface area contributed by atoms with Crippen molar-refractivity contribution in [1.29, 1.82) is 0 Å². The number of imide groups is 1. The van der Waals surface area contributed by atoms with E-state index >= 15 is 0 Å². The lowest BCUT2D eigenvalue weighted by atomic mass is 9.89. The first-order chi connectivity index (χ1) is 14.4. The van der Waals surface area contributed by atoms with Crippen molar-refractivity contribution in [2.24, 2.45) is 0 Å². The van der Waals surface area contributed by atoms with E-state index in [1.54, 1.807) is 31.2 Å². The van der Waals surface area contributed by atoms with Gasteiger partial charge in [0.15, 0.2) is 5.82 Å². The van der Waals surface area contributed by atoms with Crippen molar-refractivity contribution in [2.75, 3.05) is 0 Å². The Morgan fingerprint density at radius 1 is 1.17 bits per heavy atom. The first kappa shape index (κ1) is 18.8. The molecule has 8 heteroatoms. The second kappa shape index (κ2) is 6.95. The smallest absolute Gasteiger partial charge is 0.325 e. The number of nitrogens with one attached hydrogen (secondary N) is 1. The van der Waals surface area contributed by atoms with E-state index in [9.17, 15) is 9.59 Å². The zero-order valence-corrected chi connectivity index (χ0v) is 17.1. The van der Waals surface area contributed by atoms with Gasteiger partial charge in [-0.2, -0.15) is 4.98 Å². The molecule has 1 aliphatic heterocycles. The van der Waals surface area contributed by atoms with Gasteiger partial charge in [0.25, 0.3) is 11.8 Å². The van der Waals surface area contributed by atoms with E-state index in [0.717, 1.165) is 29.7 Å². The molecule has 1 aromatic heterocycles. The van der Waals surface area contributed by atoms with Crippen molar-refractivity contribution in [3.63, 3.8) is 0 Å². The Hall–Kier alpha value is -3.19. The molecule has 1 fully saturated rings. The summed E-state index contributed by atoms with van der Waals surface area (Å²) >= 11 is 6.01. The lowest BCUT2D eigenvalue weighted by Gasteiger charge is -2.23. The number of fused-ring (bicyclic) bond motifs is 1. The Balaban J connectivity index is 1.39. The second-order valence-electron chi connectivity index (χ2n) is 7.81. The van der Waals surface area contributed by atoms with Crippen LogP contribution in [0.3, 0.4) is 0 Å². The highest BCUT2D eigenvalue weighted by Gasteiger charge is 2.49. The number of aryl methyl sites for hydroxylation is 2. The van der Waals surface area contributed by atoms with Crippen LogP contribution in [0.15, 0.2) is 47.0 Å². The quantitative estimate of drug-likeness (QED) is 0.645. The highest BCUT2D eigenvalue weighted by atomic mass is 35.5. The minimum Gasteiger partial charge on any atom is -0.334 e. The number of halogens is 1. The van der Waals surface area contributed by atoms with Crippen molar-refractivity contribution in [2.45, 2.75) is 38.3 Å². The number of carbonyl (C=O) groups excluding carboxylic acids is 2. The van der Waals surface area contributed by atoms with Gasteiger partial charge in [-0.25, -0.2) is 4.79 Å². The van der Waals surface area contributed by atoms with Gasteiger partial charge in [0.05, 0.1) is 6.54 Å². The Morgan fingerprint density at radius 2 is 2.00 bits per heavy atom. The fourth-order valence-corrected chi connectivity index (χ4v) is 4.31. The largest absolute Gasteiger partial charge is 0.334 e. The molecule has 0 saturated carbocycles. The predicted octanol–water partition coefficient (Wildman–Crippen LogP) is 3.85. The molecule has 2 aliphatic rings. The number of hydrogen-bond donors (Lipinski definition) is 1. The van der Waals surface area contributed by atoms with Gasteiger partial charge in [-0.3, -0.25) is 9.69 Å². The number of rotatable bonds is 4. The van der Waals surface area contributed by atoms with Crippen LogP contribution in [0.25, 0.3) is 11.5 Å². The molecule has 7 nitrogen and oxygen atoms in total. The summed E-state index contributed by atoms with van der Waals surface area (Å²) in [5.74, 6) is 0.187. The summed E-state index contributed by atoms with van der Waals surface area (Å²) < 4.78 is 5.28. The van der Waals surface area contributed by atoms with Crippen LogP contribution in [-0.2, 0) is 29.7 Å². The number of nitrogens with zero attached hydrogens (tertiary/aromatic N) is 3. The summed E-state index contributed by atoms with van der Waals surface area (Å²) in [4.78, 5) is 31.3. The van der Waals surface area contributed by atoms with Gasteiger partial charge < -0.3 is 9.84 Å². The second-order valence-corrected chi connectivity index (χ2v) is 8.25. The zero-order valence-electron chi connectivity index (χ0n) is 16.3. The maximum atomic E-state index is 13.2. The fraction of sp³-hybridized carbons (Fsp3) is 0.273. The molecule has 2 aromatic carbocycles. The van der Waals surface area contributed by atoms with Gasteiger partial charge in [-0.05, 0) is 61.1 Å². The molecule has 3 amide bonds. The van der Waals surface area contributed by atoms with Gasteiger partial charge in [-0.1, -0.05) is 41.0 Å². The topological polar surface area (TPSA) is 88.3 Å². The average molecular weight is 423 g/mol. The standard InChI is InChI=1S/C22H19ClN4O3/c1-22(16-9-8-13-4-2-5-14(13)10-16)20(28)27(21(29)25-22)12-18-24-19(30-26-18)15-6-3-7-17(23)11-15/h3,6-11H,2,4-5,12H2,1H3,(H,25,29)/t22-/m1/s1. The number of aromatic nitrogens is 2. The van der Waals surface area contributed by atoms with Gasteiger partial charge in [0.1, 0.15) is 5.54 Å². The molecule has 30 heavy (non-hydrogen) atoms. The van der Waals surface area contributed by atoms with Gasteiger partial charge >= 0.3 is 6.03 Å². The zero-order chi connectivity index (χ0) is 20.9. The van der Waals surface area contributed by atoms with E-state index in [4.69, 9.17) is 16.1 Å². The molecular weight excluding hydrogens is 404 g/mol. The molecule has 152 valence electrons. The third kappa shape index (κ3) is 3.06. The highest BCUT2D eigenvalue weighted by Crippen LogP contribution is 2.33. The average Bonchev–Trinajstić information content (AvgIpc) is 3.44. The maximum absolute atomic E-state index is 13.2. The van der Waals surface area contributed by atoms with E-state index in [-0.39, 0.29) is 24.2 Å². The Morgan fingerprint density at radius 3 is 2.83 bits per heavy atom. The van der Waals surface area contributed by atoms with Crippen LogP contribution in [0.5, 0.6) is 0 Å². The van der Waals surface area contributed by atoms with E-state index < -0.39 is 11.6 Å². The normalized spacial score (nSPS) is 20.5. The van der Waals surface area contributed by atoms with Gasteiger partial charge in [0.2, 0.25) is 0 Å². The summed E-state index contributed by atoms with van der Waals surface area (Å²) in [6.45, 7) is 1.66. The third-order valence-electron chi connectivity index (χ3n) is 5.79. The minimum atomic E-state index is -1.12. The summed E-state index contributed by atoms with van der Waals surface area (Å²) in [6.07, 6.45) is 3.18. The molecular formula is C22H19ClN4O3. The number of hydrogen-bond acceptors (Lipinski definition) is 5. The molecule has 1 atom stereocenters. The van der Waals surface area contributed by atoms with Gasteiger partial charge in [-0.15, -0.1) is 0 Å². The van der Waals surface area contributed by atoms with Crippen LogP contribution in [0.1, 0.15) is 35.9 Å². The van der Waals surface area contributed by atoms with Crippen LogP contribution in [-0.4, -0.2) is 27.0 Å². The Labute approximate surface area is 178 Å². The van der Waals surface area contributed by atoms with Crippen LogP contribution in [0.4, 0.5) is 4.79 Å². The minimum absolute atomic E-state index is 0.0741. The first-order valence-electron chi connectivity index (χ1n) is 9.79. The van der Waals surface area contributed by atoms with Crippen LogP contribution in [0, 0.1) is 0 Å². The SMILES string of the molecule is C[C@]1(c2ccc3c(c2)CCC3)NC(=O)N(Cc2noc(-c3cccc(Cl)c3)n2)C1=O. The van der Waals surface area contributed by atoms with Crippen LogP contribution < -0.4 is 5.32 Å². The number of urea groups is 1. The number of carbonyl (C=O) groups is 2. The molecule has 0 radical (unpaired) electrons. The molecule has 1 saturated heterocycles. The fourth-order valence-electron chi connectivity index (χ4n) is 4.12. The number of benzene rings is 2. The highest BCUT2D eigenvalue weighted by molar-refractivity contribution is 6.30. The molecule has 5 rings (SSSR count). The molecule has 0 unspecified atom stereocenters. The van der Waals surface area contributed by atoms with Crippen molar-refractivity contribution >= 4 is 23.5 Å². The molecule has 2 heterocycles. The van der Waals surface area contributed by atoms with Gasteiger partial charge in [0, 0.05) is 10.6 Å². The van der Waals surface area contributed by atoms with E-state index in [1.807, 2.05) is 12.1 Å². The van der Waals surface area contributed by atoms with E-state index in [1.165, 1.54) is 11.1 Å². The van der Waals surface area contributed by atoms with E-state index in [0.29, 0.717) is 10.6 Å². The molecule has 1 aliphatic carbocycles. The van der Waals surface area contributed by atoms with Crippen molar-refractivity contribution < 1.29 is 14.1 Å². The van der Waals surface area contributed by atoms with Crippen LogP contribution in [0.2, 0.25) is 5.02 Å². The maximum Gasteiger partial charge on any atom is 0.325 e. The number of amides is 3. The molecule has 3 aromatic rings. The van der Waals surface area contributed by atoms with Crippen molar-refractivity contribution in [1.82, 2.24) is 20.4 Å². The monoisotopic (exact) mass is 422 g/mol. The Kier molecular flexibility index (Phi) is 4.36. The summed E-state index contributed by atoms with van der Waals surface area (Å²) in [5, 5.41) is 7.30. The summed E-state index contributed by atoms with van der Waals surface area (Å²) in [6, 6.07) is 12.6. The third-order valence-corrected chi connectivity index (χ3v) is 6.03. The first-order valence-corrected chi connectivity index (χ1v) is 10.2. The van der Waals surface area contributed by atoms with E-state index in [2.05, 4.69) is 21.5 Å². The molecule has 0 spiro atoms. The lowest BCUT2D eigenvalue weighted by Crippen LogP contribution is -2.41. The molecule has 1 N–H and O–H groups in total. The van der Waals surface area contributed by atoms with Crippen molar-refractivity contribution in [3.05, 3.63) is 70.0 Å². The summed E-state index contributed by atoms with van der Waals surface area (Å²) in [7, 11) is 0. The molecule has 0 bridgehead atoms. The van der Waals surface area contributed by atoms with Crippen LogP contribution >= 0.6 is 11.6 Å². The van der Waals surface area contributed by atoms with Crippen molar-refractivity contribution in [3.8, 4) is 11.5 Å².